The van der Waals surface area contributed by atoms with E-state index in [-0.39, 0.29) is 33.3 Å². The van der Waals surface area contributed by atoms with E-state index in [4.69, 9.17) is 4.74 Å². The topological polar surface area (TPSA) is 114 Å². The molecule has 1 amide bonds. The highest BCUT2D eigenvalue weighted by molar-refractivity contribution is 7.90. The molecule has 34 heavy (non-hydrogen) atoms. The van der Waals surface area contributed by atoms with Gasteiger partial charge in [0.05, 0.1) is 10.6 Å². The van der Waals surface area contributed by atoms with Gasteiger partial charge in [0.15, 0.2) is 14.9 Å². The Balaban J connectivity index is 1.73. The molecule has 0 aliphatic heterocycles. The van der Waals surface area contributed by atoms with Crippen molar-refractivity contribution in [1.29, 1.82) is 0 Å². The number of ether oxygens (including phenoxy) is 1. The first-order valence-corrected chi connectivity index (χ1v) is 13.6. The second kappa shape index (κ2) is 10.2. The molecule has 1 fully saturated rings. The number of anilines is 1. The molecule has 0 saturated heterocycles. The molecular weight excluding hydrogens is 476 g/mol. The van der Waals surface area contributed by atoms with Crippen molar-refractivity contribution in [3.8, 4) is 17.7 Å². The van der Waals surface area contributed by atoms with Crippen molar-refractivity contribution < 1.29 is 27.9 Å². The Labute approximate surface area is 203 Å². The number of carbonyl (C=O) groups excluding carboxylic acids is 1. The van der Waals surface area contributed by atoms with Gasteiger partial charge in [-0.1, -0.05) is 17.9 Å². The van der Waals surface area contributed by atoms with Crippen LogP contribution in [-0.4, -0.2) is 49.3 Å². The molecule has 1 aliphatic carbocycles. The number of sulfone groups is 1. The molecule has 0 bridgehead atoms. The van der Waals surface area contributed by atoms with Gasteiger partial charge < -0.3 is 14.7 Å². The van der Waals surface area contributed by atoms with Crippen LogP contribution in [0.4, 0.5) is 5.69 Å². The standard InChI is InChI=1S/C24H28N2O6S2/c1-24(2,3)13-12-18-14-19(22(33-18)23(28)29)26(15-27)16-8-10-17(11-9-16)32-20-6-5-7-21(25-20)34(4,30)31/h5-7,14-17H,8-11H2,1-4H3,(H,28,29)/t16-,17-. The zero-order valence-electron chi connectivity index (χ0n) is 19.6. The van der Waals surface area contributed by atoms with Gasteiger partial charge in [-0.25, -0.2) is 18.2 Å². The summed E-state index contributed by atoms with van der Waals surface area (Å²) in [4.78, 5) is 30.1. The van der Waals surface area contributed by atoms with Crippen LogP contribution in [0.25, 0.3) is 0 Å². The number of carboxylic acids is 1. The summed E-state index contributed by atoms with van der Waals surface area (Å²) in [6.07, 6.45) is 4.03. The number of aromatic carboxylic acids is 1. The number of amides is 1. The SMILES string of the molecule is CC(C)(C)C#Cc1cc(N(C=O)[C@H]2CC[C@H](Oc3cccc(S(C)(=O)=O)n3)CC2)c(C(=O)O)s1. The number of hydrogen-bond donors (Lipinski definition) is 1. The fourth-order valence-corrected chi connectivity index (χ4v) is 5.09. The minimum absolute atomic E-state index is 0.0464. The van der Waals surface area contributed by atoms with Crippen molar-refractivity contribution in [2.24, 2.45) is 5.41 Å². The summed E-state index contributed by atoms with van der Waals surface area (Å²) in [6, 6.07) is 6.11. The minimum Gasteiger partial charge on any atom is -0.477 e. The van der Waals surface area contributed by atoms with E-state index < -0.39 is 15.8 Å². The molecule has 3 rings (SSSR count). The van der Waals surface area contributed by atoms with Crippen LogP contribution in [-0.2, 0) is 14.6 Å². The molecule has 2 heterocycles. The van der Waals surface area contributed by atoms with Crippen molar-refractivity contribution in [2.45, 2.75) is 63.6 Å². The lowest BCUT2D eigenvalue weighted by Crippen LogP contribution is -2.40. The summed E-state index contributed by atoms with van der Waals surface area (Å²) < 4.78 is 29.3. The van der Waals surface area contributed by atoms with E-state index in [9.17, 15) is 23.1 Å². The fourth-order valence-electron chi connectivity index (χ4n) is 3.66. The summed E-state index contributed by atoms with van der Waals surface area (Å²) in [5.41, 5.74) is 0.129. The second-order valence-electron chi connectivity index (χ2n) is 9.28. The molecule has 8 nitrogen and oxygen atoms in total. The van der Waals surface area contributed by atoms with Gasteiger partial charge in [0.25, 0.3) is 0 Å². The Hall–Kier alpha value is -2.90. The van der Waals surface area contributed by atoms with Gasteiger partial charge in [0, 0.05) is 23.8 Å². The van der Waals surface area contributed by atoms with Crippen molar-refractivity contribution in [3.63, 3.8) is 0 Å². The highest BCUT2D eigenvalue weighted by atomic mass is 32.2. The largest absolute Gasteiger partial charge is 0.477 e. The first-order chi connectivity index (χ1) is 15.9. The first kappa shape index (κ1) is 25.7. The summed E-state index contributed by atoms with van der Waals surface area (Å²) >= 11 is 1.07. The Morgan fingerprint density at radius 2 is 1.94 bits per heavy atom. The van der Waals surface area contributed by atoms with Gasteiger partial charge >= 0.3 is 5.97 Å². The van der Waals surface area contributed by atoms with Crippen molar-refractivity contribution >= 4 is 39.2 Å². The maximum absolute atomic E-state index is 12.0. The normalized spacial score (nSPS) is 18.5. The number of carboxylic acid groups (broad SMARTS) is 1. The summed E-state index contributed by atoms with van der Waals surface area (Å²) in [5.74, 6) is 5.27. The van der Waals surface area contributed by atoms with Crippen LogP contribution in [0.15, 0.2) is 29.3 Å². The monoisotopic (exact) mass is 504 g/mol. The number of pyridine rings is 1. The van der Waals surface area contributed by atoms with Gasteiger partial charge in [0.2, 0.25) is 12.3 Å². The van der Waals surface area contributed by atoms with E-state index >= 15 is 0 Å². The van der Waals surface area contributed by atoms with Gasteiger partial charge in [0.1, 0.15) is 11.0 Å². The Kier molecular flexibility index (Phi) is 7.68. The molecule has 1 saturated carbocycles. The molecule has 1 aliphatic rings. The highest BCUT2D eigenvalue weighted by Crippen LogP contribution is 2.35. The van der Waals surface area contributed by atoms with Crippen LogP contribution in [0.3, 0.4) is 0 Å². The summed E-state index contributed by atoms with van der Waals surface area (Å²) in [5, 5.41) is 9.64. The zero-order valence-corrected chi connectivity index (χ0v) is 21.2. The Morgan fingerprint density at radius 3 is 2.50 bits per heavy atom. The zero-order chi connectivity index (χ0) is 25.1. The molecule has 2 aromatic rings. The van der Waals surface area contributed by atoms with Crippen molar-refractivity contribution in [3.05, 3.63) is 34.0 Å². The predicted molar refractivity (Wildman–Crippen MR) is 130 cm³/mol. The smallest absolute Gasteiger partial charge is 0.348 e. The number of rotatable bonds is 7. The number of nitrogens with zero attached hydrogens (tertiary/aromatic N) is 2. The van der Waals surface area contributed by atoms with E-state index in [2.05, 4.69) is 16.8 Å². The first-order valence-electron chi connectivity index (χ1n) is 10.8. The molecule has 0 unspecified atom stereocenters. The van der Waals surface area contributed by atoms with Crippen LogP contribution in [0.2, 0.25) is 0 Å². The van der Waals surface area contributed by atoms with E-state index in [0.29, 0.717) is 42.7 Å². The third-order valence-corrected chi connectivity index (χ3v) is 7.28. The van der Waals surface area contributed by atoms with Crippen LogP contribution in [0.5, 0.6) is 5.88 Å². The van der Waals surface area contributed by atoms with E-state index in [1.165, 1.54) is 11.0 Å². The van der Waals surface area contributed by atoms with E-state index in [0.717, 1.165) is 17.6 Å². The van der Waals surface area contributed by atoms with Gasteiger partial charge in [-0.3, -0.25) is 4.79 Å². The highest BCUT2D eigenvalue weighted by Gasteiger charge is 2.30. The van der Waals surface area contributed by atoms with Crippen molar-refractivity contribution in [1.82, 2.24) is 4.98 Å². The van der Waals surface area contributed by atoms with Gasteiger partial charge in [-0.15, -0.1) is 11.3 Å². The van der Waals surface area contributed by atoms with Crippen molar-refractivity contribution in [2.75, 3.05) is 11.2 Å². The Morgan fingerprint density at radius 1 is 1.26 bits per heavy atom. The lowest BCUT2D eigenvalue weighted by Gasteiger charge is -2.34. The average molecular weight is 505 g/mol. The third kappa shape index (κ3) is 6.58. The number of thiophene rings is 1. The summed E-state index contributed by atoms with van der Waals surface area (Å²) in [7, 11) is -3.44. The molecule has 182 valence electrons. The number of hydrogen-bond acceptors (Lipinski definition) is 7. The third-order valence-electron chi connectivity index (χ3n) is 5.26. The maximum atomic E-state index is 12.0. The molecule has 2 aromatic heterocycles. The minimum atomic E-state index is -3.44. The average Bonchev–Trinajstić information content (AvgIpc) is 3.18. The van der Waals surface area contributed by atoms with Crippen LogP contribution in [0.1, 0.15) is 61.0 Å². The van der Waals surface area contributed by atoms with Gasteiger partial charge in [-0.2, -0.15) is 0 Å². The number of aromatic nitrogens is 1. The van der Waals surface area contributed by atoms with Crippen LogP contribution < -0.4 is 9.64 Å². The van der Waals surface area contributed by atoms with Gasteiger partial charge in [-0.05, 0) is 58.6 Å². The predicted octanol–water partition coefficient (Wildman–Crippen LogP) is 4.00. The number of carbonyl (C=O) groups is 2. The van der Waals surface area contributed by atoms with Crippen LogP contribution >= 0.6 is 11.3 Å². The molecule has 0 radical (unpaired) electrons. The van der Waals surface area contributed by atoms with Crippen LogP contribution in [0, 0.1) is 17.3 Å². The van der Waals surface area contributed by atoms with E-state index in [1.54, 1.807) is 18.2 Å². The molecular formula is C24H28N2O6S2. The molecule has 0 spiro atoms. The lowest BCUT2D eigenvalue weighted by molar-refractivity contribution is -0.108. The van der Waals surface area contributed by atoms with E-state index in [1.807, 2.05) is 20.8 Å². The second-order valence-corrected chi connectivity index (χ2v) is 12.3. The summed E-state index contributed by atoms with van der Waals surface area (Å²) in [6.45, 7) is 5.91. The molecule has 0 aromatic carbocycles. The maximum Gasteiger partial charge on any atom is 0.348 e. The Bertz CT molecular complexity index is 1230. The fraction of sp³-hybridized carbons (Fsp3) is 0.458. The molecule has 1 N–H and O–H groups in total. The lowest BCUT2D eigenvalue weighted by atomic mass is 9.91. The molecule has 0 atom stereocenters. The molecule has 10 heteroatoms. The quantitative estimate of drug-likeness (QED) is 0.448.